The summed E-state index contributed by atoms with van der Waals surface area (Å²) >= 11 is 0. The van der Waals surface area contributed by atoms with E-state index in [0.717, 1.165) is 49.8 Å². The van der Waals surface area contributed by atoms with Crippen molar-refractivity contribution in [2.75, 3.05) is 6.54 Å². The zero-order chi connectivity index (χ0) is 37.7. The largest absolute Gasteiger partial charge is 0.340 e. The van der Waals surface area contributed by atoms with Crippen LogP contribution in [0, 0.1) is 11.8 Å². The van der Waals surface area contributed by atoms with Crippen LogP contribution in [0.1, 0.15) is 60.3 Å². The van der Waals surface area contributed by atoms with Crippen LogP contribution in [0.3, 0.4) is 0 Å². The number of carbonyl (C=O) groups is 3. The molecule has 268 valence electrons. The van der Waals surface area contributed by atoms with Crippen LogP contribution < -0.4 is 16.3 Å². The second kappa shape index (κ2) is 13.6. The molecule has 0 aliphatic carbocycles. The molecular weight excluding hydrogens is 683 g/mol. The Hall–Kier alpha value is -6.94. The summed E-state index contributed by atoms with van der Waals surface area (Å²) in [5.41, 5.74) is 8.60. The summed E-state index contributed by atoms with van der Waals surface area (Å²) in [7, 11) is 3.62. The van der Waals surface area contributed by atoms with Crippen LogP contribution in [0.5, 0.6) is 0 Å². The maximum atomic E-state index is 12.9. The number of benzene rings is 3. The SMILES string of the molecule is CC(C)c1cc(-c2cccc3cc(-c4ccc(C(=O)NCC#Cc5ccc6c(c5)nnn6C5CCC(=O)NC5=O)nc4)ncc23)cc2c1n(C)c(=O)n2C. The van der Waals surface area contributed by atoms with Gasteiger partial charge in [-0.05, 0) is 82.9 Å². The predicted molar refractivity (Wildman–Crippen MR) is 204 cm³/mol. The van der Waals surface area contributed by atoms with Crippen molar-refractivity contribution in [2.45, 2.75) is 38.6 Å². The lowest BCUT2D eigenvalue weighted by Gasteiger charge is -2.20. The van der Waals surface area contributed by atoms with Crippen LogP contribution in [0.4, 0.5) is 0 Å². The van der Waals surface area contributed by atoms with Gasteiger partial charge in [-0.2, -0.15) is 0 Å². The van der Waals surface area contributed by atoms with Crippen molar-refractivity contribution in [1.29, 1.82) is 0 Å². The molecule has 5 heterocycles. The van der Waals surface area contributed by atoms with Gasteiger partial charge in [0.15, 0.2) is 0 Å². The van der Waals surface area contributed by atoms with Crippen molar-refractivity contribution >= 4 is 50.6 Å². The molecule has 54 heavy (non-hydrogen) atoms. The van der Waals surface area contributed by atoms with Gasteiger partial charge in [0.1, 0.15) is 17.3 Å². The number of aromatic nitrogens is 7. The maximum absolute atomic E-state index is 12.9. The summed E-state index contributed by atoms with van der Waals surface area (Å²) in [6.07, 6.45) is 4.10. The lowest BCUT2D eigenvalue weighted by atomic mass is 9.93. The van der Waals surface area contributed by atoms with Crippen LogP contribution in [0.25, 0.3) is 55.2 Å². The Morgan fingerprint density at radius 1 is 0.944 bits per heavy atom. The molecule has 0 radical (unpaired) electrons. The van der Waals surface area contributed by atoms with Gasteiger partial charge in [-0.1, -0.05) is 49.1 Å². The minimum atomic E-state index is -0.597. The van der Waals surface area contributed by atoms with Gasteiger partial charge < -0.3 is 5.32 Å². The van der Waals surface area contributed by atoms with Crippen LogP contribution in [-0.2, 0) is 23.7 Å². The third-order valence-electron chi connectivity index (χ3n) is 9.93. The minimum Gasteiger partial charge on any atom is -0.340 e. The van der Waals surface area contributed by atoms with E-state index in [4.69, 9.17) is 4.98 Å². The number of nitrogens with one attached hydrogen (secondary N) is 2. The number of hydrogen-bond acceptors (Lipinski definition) is 8. The van der Waals surface area contributed by atoms with E-state index >= 15 is 0 Å². The van der Waals surface area contributed by atoms with Crippen molar-refractivity contribution < 1.29 is 14.4 Å². The molecule has 8 rings (SSSR count). The molecule has 2 N–H and O–H groups in total. The first-order valence-corrected chi connectivity index (χ1v) is 17.6. The van der Waals surface area contributed by atoms with Crippen LogP contribution >= 0.6 is 0 Å². The number of imide groups is 1. The number of piperidine rings is 1. The molecule has 13 heteroatoms. The molecule has 0 saturated carbocycles. The molecule has 1 aliphatic rings. The molecule has 4 aromatic heterocycles. The quantitative estimate of drug-likeness (QED) is 0.184. The molecule has 13 nitrogen and oxygen atoms in total. The van der Waals surface area contributed by atoms with E-state index in [1.54, 1.807) is 46.6 Å². The van der Waals surface area contributed by atoms with Crippen molar-refractivity contribution in [3.8, 4) is 34.2 Å². The number of nitrogens with zero attached hydrogens (tertiary/aromatic N) is 7. The number of carbonyl (C=O) groups excluding carboxylic acids is 3. The normalized spacial score (nSPS) is 14.4. The lowest BCUT2D eigenvalue weighted by Crippen LogP contribution is -2.42. The van der Waals surface area contributed by atoms with Crippen molar-refractivity contribution in [1.82, 2.24) is 44.7 Å². The molecule has 1 unspecified atom stereocenters. The second-order valence-electron chi connectivity index (χ2n) is 13.7. The topological polar surface area (TPSA) is 159 Å². The number of aryl methyl sites for hydroxylation is 2. The Morgan fingerprint density at radius 2 is 1.80 bits per heavy atom. The van der Waals surface area contributed by atoms with Crippen molar-refractivity contribution in [2.24, 2.45) is 14.1 Å². The zero-order valence-corrected chi connectivity index (χ0v) is 30.0. The van der Waals surface area contributed by atoms with E-state index in [2.05, 4.69) is 69.8 Å². The number of amides is 3. The third kappa shape index (κ3) is 6.07. The summed E-state index contributed by atoms with van der Waals surface area (Å²) in [5, 5.41) is 15.4. The lowest BCUT2D eigenvalue weighted by molar-refractivity contribution is -0.135. The third-order valence-corrected chi connectivity index (χ3v) is 9.93. The fourth-order valence-corrected chi connectivity index (χ4v) is 7.07. The standard InChI is InChI=1S/C41H35N9O4/c1-23(2)29-18-27(20-36-38(29)49(4)41(54)48(36)3)28-9-5-8-25-19-32(44-22-30(25)28)26-11-12-31(43-21-26)39(52)42-16-6-7-24-10-13-34-33(17-24)46-47-50(34)35-14-15-37(51)45-40(35)53/h5,8-13,17-23,35H,14-16H2,1-4H3,(H,42,52)(H,45,51,53). The van der Waals surface area contributed by atoms with Gasteiger partial charge in [0.2, 0.25) is 5.91 Å². The smallest absolute Gasteiger partial charge is 0.328 e. The highest BCUT2D eigenvalue weighted by atomic mass is 16.2. The van der Waals surface area contributed by atoms with Gasteiger partial charge >= 0.3 is 5.69 Å². The van der Waals surface area contributed by atoms with Crippen LogP contribution in [-0.4, -0.2) is 58.4 Å². The molecule has 0 spiro atoms. The Morgan fingerprint density at radius 3 is 2.57 bits per heavy atom. The monoisotopic (exact) mass is 717 g/mol. The number of pyridine rings is 2. The number of fused-ring (bicyclic) bond motifs is 3. The first kappa shape index (κ1) is 34.2. The highest BCUT2D eigenvalue weighted by molar-refractivity contribution is 6.01. The van der Waals surface area contributed by atoms with E-state index in [1.807, 2.05) is 37.5 Å². The number of rotatable bonds is 6. The molecule has 3 aromatic carbocycles. The molecule has 1 fully saturated rings. The average Bonchev–Trinajstić information content (AvgIpc) is 3.69. The maximum Gasteiger partial charge on any atom is 0.328 e. The van der Waals surface area contributed by atoms with Gasteiger partial charge in [0, 0.05) is 49.4 Å². The van der Waals surface area contributed by atoms with E-state index < -0.39 is 11.9 Å². The van der Waals surface area contributed by atoms with Crippen molar-refractivity contribution in [3.05, 3.63) is 106 Å². The molecule has 7 aromatic rings. The summed E-state index contributed by atoms with van der Waals surface area (Å²) in [4.78, 5) is 58.7. The Kier molecular flexibility index (Phi) is 8.58. The van der Waals surface area contributed by atoms with Crippen LogP contribution in [0.2, 0.25) is 0 Å². The van der Waals surface area contributed by atoms with Gasteiger partial charge in [0.25, 0.3) is 11.8 Å². The molecule has 1 saturated heterocycles. The summed E-state index contributed by atoms with van der Waals surface area (Å²) < 4.78 is 4.94. The van der Waals surface area contributed by atoms with E-state index in [1.165, 1.54) is 4.68 Å². The van der Waals surface area contributed by atoms with Gasteiger partial charge in [0.05, 0.1) is 28.8 Å². The predicted octanol–water partition coefficient (Wildman–Crippen LogP) is 4.78. The van der Waals surface area contributed by atoms with Gasteiger partial charge in [-0.3, -0.25) is 38.8 Å². The summed E-state index contributed by atoms with van der Waals surface area (Å²) in [6, 6.07) is 20.6. The van der Waals surface area contributed by atoms with E-state index in [-0.39, 0.29) is 42.1 Å². The first-order chi connectivity index (χ1) is 26.1. The fraction of sp³-hybridized carbons (Fsp3) is 0.220. The van der Waals surface area contributed by atoms with Crippen molar-refractivity contribution in [3.63, 3.8) is 0 Å². The Labute approximate surface area is 309 Å². The molecule has 1 aliphatic heterocycles. The Balaban J connectivity index is 0.954. The zero-order valence-electron chi connectivity index (χ0n) is 30.0. The first-order valence-electron chi connectivity index (χ1n) is 17.6. The minimum absolute atomic E-state index is 0.0530. The molecule has 1 atom stereocenters. The highest BCUT2D eigenvalue weighted by Crippen LogP contribution is 2.35. The number of imidazole rings is 1. The van der Waals surface area contributed by atoms with E-state index in [0.29, 0.717) is 23.0 Å². The van der Waals surface area contributed by atoms with Gasteiger partial charge in [-0.15, -0.1) is 5.10 Å². The number of hydrogen-bond donors (Lipinski definition) is 2. The summed E-state index contributed by atoms with van der Waals surface area (Å²) in [5.74, 6) is 5.15. The fourth-order valence-electron chi connectivity index (χ4n) is 7.07. The van der Waals surface area contributed by atoms with Gasteiger partial charge in [-0.25, -0.2) is 9.48 Å². The Bertz CT molecular complexity index is 2800. The molecule has 3 amide bonds. The molecular formula is C41H35N9O4. The summed E-state index contributed by atoms with van der Waals surface area (Å²) in [6.45, 7) is 4.37. The highest BCUT2D eigenvalue weighted by Gasteiger charge is 2.30. The molecule has 0 bridgehead atoms. The second-order valence-corrected chi connectivity index (χ2v) is 13.7. The average molecular weight is 718 g/mol. The van der Waals surface area contributed by atoms with E-state index in [9.17, 15) is 19.2 Å². The van der Waals surface area contributed by atoms with Crippen LogP contribution in [0.15, 0.2) is 83.9 Å².